The minimum absolute atomic E-state index is 0.335. The van der Waals surface area contributed by atoms with Gasteiger partial charge < -0.3 is 54.7 Å². The van der Waals surface area contributed by atoms with Crippen molar-refractivity contribution in [3.63, 3.8) is 0 Å². The summed E-state index contributed by atoms with van der Waals surface area (Å²) in [4.78, 5) is 0. The van der Waals surface area contributed by atoms with Crippen molar-refractivity contribution < 1.29 is 54.7 Å². The summed E-state index contributed by atoms with van der Waals surface area (Å²) in [6.45, 7) is -0.882. The third-order valence-corrected chi connectivity index (χ3v) is 6.72. The van der Waals surface area contributed by atoms with Crippen molar-refractivity contribution in [2.75, 3.05) is 19.8 Å². The summed E-state index contributed by atoms with van der Waals surface area (Å²) >= 11 is 0. The van der Waals surface area contributed by atoms with Gasteiger partial charge in [-0.05, 0) is 18.8 Å². The van der Waals surface area contributed by atoms with Crippen LogP contribution in [0.25, 0.3) is 0 Å². The molecular formula is C21H38O11. The van der Waals surface area contributed by atoms with Gasteiger partial charge >= 0.3 is 0 Å². The van der Waals surface area contributed by atoms with E-state index in [1.165, 1.54) is 32.1 Å². The maximum Gasteiger partial charge on any atom is 0.187 e. The first-order chi connectivity index (χ1) is 15.4. The van der Waals surface area contributed by atoms with E-state index in [1.54, 1.807) is 0 Å². The van der Waals surface area contributed by atoms with Crippen molar-refractivity contribution in [1.29, 1.82) is 0 Å². The lowest BCUT2D eigenvalue weighted by Crippen LogP contribution is -2.64. The topological polar surface area (TPSA) is 179 Å². The Kier molecular flexibility index (Phi) is 10.1. The zero-order chi connectivity index (χ0) is 23.3. The van der Waals surface area contributed by atoms with Crippen LogP contribution in [0.4, 0.5) is 0 Å². The summed E-state index contributed by atoms with van der Waals surface area (Å²) in [5, 5.41) is 70.0. The molecule has 2 saturated heterocycles. The molecule has 0 aromatic rings. The predicted octanol–water partition coefficient (Wildman–Crippen LogP) is -2.01. The summed E-state index contributed by atoms with van der Waals surface area (Å²) in [6, 6.07) is 0. The molecule has 3 rings (SSSR count). The van der Waals surface area contributed by atoms with Crippen molar-refractivity contribution in [3.05, 3.63) is 0 Å². The smallest absolute Gasteiger partial charge is 0.187 e. The van der Waals surface area contributed by atoms with E-state index in [0.29, 0.717) is 12.5 Å². The van der Waals surface area contributed by atoms with E-state index >= 15 is 0 Å². The first kappa shape index (κ1) is 26.2. The number of hydrogen-bond donors (Lipinski definition) is 7. The van der Waals surface area contributed by atoms with Gasteiger partial charge in [0.05, 0.1) is 13.2 Å². The van der Waals surface area contributed by atoms with Crippen LogP contribution in [-0.4, -0.2) is 117 Å². The van der Waals surface area contributed by atoms with E-state index in [9.17, 15) is 35.7 Å². The summed E-state index contributed by atoms with van der Waals surface area (Å²) in [5.74, 6) is 0.691. The Balaban J connectivity index is 1.52. The molecule has 1 aliphatic carbocycles. The van der Waals surface area contributed by atoms with Crippen molar-refractivity contribution in [3.8, 4) is 0 Å². The van der Waals surface area contributed by atoms with Gasteiger partial charge in [-0.1, -0.05) is 32.1 Å². The van der Waals surface area contributed by atoms with Crippen LogP contribution in [0.3, 0.4) is 0 Å². The molecule has 11 heteroatoms. The molecule has 3 aliphatic rings. The highest BCUT2D eigenvalue weighted by Crippen LogP contribution is 2.30. The quantitative estimate of drug-likeness (QED) is 0.187. The van der Waals surface area contributed by atoms with Gasteiger partial charge in [-0.15, -0.1) is 0 Å². The third kappa shape index (κ3) is 6.16. The molecule has 10 atom stereocenters. The van der Waals surface area contributed by atoms with Crippen LogP contribution in [-0.2, 0) is 18.9 Å². The van der Waals surface area contributed by atoms with Crippen LogP contribution < -0.4 is 0 Å². The normalized spacial score (nSPS) is 44.0. The minimum Gasteiger partial charge on any atom is -0.394 e. The molecule has 0 aromatic carbocycles. The van der Waals surface area contributed by atoms with Crippen molar-refractivity contribution in [2.24, 2.45) is 5.92 Å². The SMILES string of the molecule is OCC1O[C@H](O[C@@H]2C(CO)O[C@@H](OCCCC3CCCCC3)C(O)[C@H]2O)C(O)[C@@H](O)[C@@H]1O. The summed E-state index contributed by atoms with van der Waals surface area (Å²) in [7, 11) is 0. The Morgan fingerprint density at radius 2 is 1.31 bits per heavy atom. The Bertz CT molecular complexity index is 542. The van der Waals surface area contributed by atoms with Gasteiger partial charge in [0.2, 0.25) is 0 Å². The molecule has 0 amide bonds. The fourth-order valence-electron chi connectivity index (χ4n) is 4.74. The Morgan fingerprint density at radius 1 is 0.688 bits per heavy atom. The first-order valence-corrected chi connectivity index (χ1v) is 11.6. The van der Waals surface area contributed by atoms with E-state index in [-0.39, 0.29) is 0 Å². The molecule has 1 saturated carbocycles. The Labute approximate surface area is 187 Å². The van der Waals surface area contributed by atoms with E-state index in [2.05, 4.69) is 0 Å². The predicted molar refractivity (Wildman–Crippen MR) is 108 cm³/mol. The summed E-state index contributed by atoms with van der Waals surface area (Å²) < 4.78 is 22.0. The number of aliphatic hydroxyl groups is 7. The fraction of sp³-hybridized carbons (Fsp3) is 1.00. The second-order valence-corrected chi connectivity index (χ2v) is 9.02. The molecule has 0 bridgehead atoms. The van der Waals surface area contributed by atoms with Crippen molar-refractivity contribution in [1.82, 2.24) is 0 Å². The van der Waals surface area contributed by atoms with Gasteiger partial charge in [-0.2, -0.15) is 0 Å². The zero-order valence-electron chi connectivity index (χ0n) is 18.2. The van der Waals surface area contributed by atoms with Crippen LogP contribution in [0.15, 0.2) is 0 Å². The molecule has 4 unspecified atom stereocenters. The van der Waals surface area contributed by atoms with Crippen LogP contribution in [0, 0.1) is 5.92 Å². The second-order valence-electron chi connectivity index (χ2n) is 9.02. The van der Waals surface area contributed by atoms with Crippen LogP contribution >= 0.6 is 0 Å². The number of ether oxygens (including phenoxy) is 4. The maximum atomic E-state index is 10.6. The van der Waals surface area contributed by atoms with E-state index in [1.807, 2.05) is 0 Å². The number of hydrogen-bond acceptors (Lipinski definition) is 11. The molecule has 188 valence electrons. The molecule has 32 heavy (non-hydrogen) atoms. The largest absolute Gasteiger partial charge is 0.394 e. The summed E-state index contributed by atoms with van der Waals surface area (Å²) in [6.07, 6.45) is -6.18. The molecule has 2 heterocycles. The lowest BCUT2D eigenvalue weighted by molar-refractivity contribution is -0.359. The molecular weight excluding hydrogens is 428 g/mol. The Morgan fingerprint density at radius 3 is 1.97 bits per heavy atom. The molecule has 0 aromatic heterocycles. The molecule has 11 nitrogen and oxygen atoms in total. The highest BCUT2D eigenvalue weighted by Gasteiger charge is 2.50. The average molecular weight is 467 g/mol. The van der Waals surface area contributed by atoms with E-state index < -0.39 is 74.6 Å². The average Bonchev–Trinajstić information content (AvgIpc) is 2.81. The summed E-state index contributed by atoms with van der Waals surface area (Å²) in [5.41, 5.74) is 0. The van der Waals surface area contributed by atoms with Gasteiger partial charge in [0.25, 0.3) is 0 Å². The first-order valence-electron chi connectivity index (χ1n) is 11.6. The van der Waals surface area contributed by atoms with Crippen molar-refractivity contribution in [2.45, 2.75) is 106 Å². The molecule has 7 N–H and O–H groups in total. The lowest BCUT2D eigenvalue weighted by atomic mass is 9.86. The van der Waals surface area contributed by atoms with Gasteiger partial charge in [0, 0.05) is 6.61 Å². The third-order valence-electron chi connectivity index (χ3n) is 6.72. The second kappa shape index (κ2) is 12.3. The molecule has 2 aliphatic heterocycles. The molecule has 3 fully saturated rings. The lowest BCUT2D eigenvalue weighted by Gasteiger charge is -2.45. The van der Waals surface area contributed by atoms with Gasteiger partial charge in [0.15, 0.2) is 12.6 Å². The van der Waals surface area contributed by atoms with Gasteiger partial charge in [-0.25, -0.2) is 0 Å². The molecule has 0 radical (unpaired) electrons. The molecule has 0 spiro atoms. The maximum absolute atomic E-state index is 10.6. The monoisotopic (exact) mass is 466 g/mol. The van der Waals surface area contributed by atoms with Crippen LogP contribution in [0.1, 0.15) is 44.9 Å². The standard InChI is InChI=1S/C21H38O11/c22-9-12-14(24)15(25)17(27)21(30-12)32-19-13(10-23)31-20(18(28)16(19)26)29-8-4-7-11-5-2-1-3-6-11/h11-28H,1-10H2/t12?,13?,14-,15+,16-,17?,18?,19-,20-,21-/m1/s1. The highest BCUT2D eigenvalue weighted by atomic mass is 16.7. The Hall–Kier alpha value is -0.440. The van der Waals surface area contributed by atoms with Crippen LogP contribution in [0.2, 0.25) is 0 Å². The minimum atomic E-state index is -1.69. The fourth-order valence-corrected chi connectivity index (χ4v) is 4.74. The number of aliphatic hydroxyl groups excluding tert-OH is 7. The van der Waals surface area contributed by atoms with Crippen molar-refractivity contribution >= 4 is 0 Å². The van der Waals surface area contributed by atoms with E-state index in [4.69, 9.17) is 18.9 Å². The van der Waals surface area contributed by atoms with Crippen LogP contribution in [0.5, 0.6) is 0 Å². The van der Waals surface area contributed by atoms with Gasteiger partial charge in [-0.3, -0.25) is 0 Å². The van der Waals surface area contributed by atoms with Gasteiger partial charge in [0.1, 0.15) is 48.8 Å². The zero-order valence-corrected chi connectivity index (χ0v) is 18.2. The highest BCUT2D eigenvalue weighted by molar-refractivity contribution is 4.94. The number of rotatable bonds is 9. The van der Waals surface area contributed by atoms with E-state index in [0.717, 1.165) is 12.8 Å².